The molecule has 7 heteroatoms. The molecule has 0 aliphatic rings. The van der Waals surface area contributed by atoms with Crippen LogP contribution in [0.25, 0.3) is 11.1 Å². The molecule has 2 aromatic carbocycles. The molecule has 0 radical (unpaired) electrons. The van der Waals surface area contributed by atoms with Crippen LogP contribution in [-0.4, -0.2) is 0 Å². The second-order valence-corrected chi connectivity index (χ2v) is 4.59. The summed E-state index contributed by atoms with van der Waals surface area (Å²) in [6.07, 6.45) is 0. The lowest BCUT2D eigenvalue weighted by Gasteiger charge is -2.10. The monoisotopic (exact) mass is 319 g/mol. The highest BCUT2D eigenvalue weighted by Gasteiger charge is 2.27. The van der Waals surface area contributed by atoms with Crippen molar-refractivity contribution in [2.24, 2.45) is 0 Å². The average molecular weight is 320 g/mol. The van der Waals surface area contributed by atoms with Crippen LogP contribution in [0.1, 0.15) is 5.56 Å². The maximum absolute atomic E-state index is 13.9. The van der Waals surface area contributed by atoms with Crippen molar-refractivity contribution in [3.8, 4) is 17.2 Å². The van der Waals surface area contributed by atoms with Gasteiger partial charge in [-0.1, -0.05) is 23.2 Å². The lowest BCUT2D eigenvalue weighted by molar-refractivity contribution is 0.454. The Labute approximate surface area is 121 Å². The Balaban J connectivity index is 2.89. The zero-order valence-electron chi connectivity index (χ0n) is 9.45. The molecule has 0 saturated carbocycles. The number of benzene rings is 2. The predicted octanol–water partition coefficient (Wildman–Crippen LogP) is 5.09. The van der Waals surface area contributed by atoms with Crippen molar-refractivity contribution in [3.05, 3.63) is 57.1 Å². The van der Waals surface area contributed by atoms with Crippen molar-refractivity contribution in [1.82, 2.24) is 0 Å². The highest BCUT2D eigenvalue weighted by atomic mass is 35.5. The van der Waals surface area contributed by atoms with Crippen molar-refractivity contribution in [2.45, 2.75) is 0 Å². The number of halogens is 6. The Hall–Kier alpha value is -1.77. The predicted molar refractivity (Wildman–Crippen MR) is 66.4 cm³/mol. The molecular weight excluding hydrogens is 317 g/mol. The van der Waals surface area contributed by atoms with Crippen LogP contribution < -0.4 is 0 Å². The van der Waals surface area contributed by atoms with Crippen molar-refractivity contribution in [3.63, 3.8) is 0 Å². The fourth-order valence-electron chi connectivity index (χ4n) is 1.66. The maximum Gasteiger partial charge on any atom is 0.180 e. The standard InChI is InChI=1S/C13H3Cl2F4N/c14-5-1-2-8(15)6(3-5)9-12(18)10(16)7(4-20)11(17)13(9)19/h1-3H. The molecule has 0 amide bonds. The molecule has 2 aromatic rings. The molecule has 0 saturated heterocycles. The Morgan fingerprint density at radius 2 is 1.45 bits per heavy atom. The van der Waals surface area contributed by atoms with Crippen molar-refractivity contribution < 1.29 is 17.6 Å². The first kappa shape index (κ1) is 14.6. The summed E-state index contributed by atoms with van der Waals surface area (Å²) in [6, 6.07) is 4.70. The third-order valence-corrected chi connectivity index (χ3v) is 3.14. The van der Waals surface area contributed by atoms with E-state index in [0.717, 1.165) is 12.1 Å². The number of rotatable bonds is 1. The summed E-state index contributed by atoms with van der Waals surface area (Å²) < 4.78 is 54.8. The summed E-state index contributed by atoms with van der Waals surface area (Å²) >= 11 is 11.4. The SMILES string of the molecule is N#Cc1c(F)c(F)c(-c2cc(Cl)ccc2Cl)c(F)c1F. The summed E-state index contributed by atoms with van der Waals surface area (Å²) in [7, 11) is 0. The Kier molecular flexibility index (Phi) is 3.89. The van der Waals surface area contributed by atoms with E-state index in [4.69, 9.17) is 28.5 Å². The molecule has 0 aliphatic carbocycles. The highest BCUT2D eigenvalue weighted by molar-refractivity contribution is 6.35. The minimum atomic E-state index is -1.78. The van der Waals surface area contributed by atoms with Gasteiger partial charge in [0.15, 0.2) is 23.3 Å². The Bertz CT molecular complexity index is 724. The molecule has 0 fully saturated rings. The van der Waals surface area contributed by atoms with E-state index in [9.17, 15) is 17.6 Å². The lowest BCUT2D eigenvalue weighted by atomic mass is 10.0. The van der Waals surface area contributed by atoms with E-state index >= 15 is 0 Å². The van der Waals surface area contributed by atoms with Gasteiger partial charge in [0.05, 0.1) is 5.56 Å². The van der Waals surface area contributed by atoms with Crippen LogP contribution in [0.5, 0.6) is 0 Å². The molecule has 0 spiro atoms. The number of nitrogens with zero attached hydrogens (tertiary/aromatic N) is 1. The number of hydrogen-bond donors (Lipinski definition) is 0. The van der Waals surface area contributed by atoms with E-state index in [2.05, 4.69) is 0 Å². The van der Waals surface area contributed by atoms with E-state index in [1.54, 1.807) is 0 Å². The summed E-state index contributed by atoms with van der Waals surface area (Å²) in [5.74, 6) is -6.97. The molecule has 0 bridgehead atoms. The fourth-order valence-corrected chi connectivity index (χ4v) is 2.04. The highest BCUT2D eigenvalue weighted by Crippen LogP contribution is 2.37. The van der Waals surface area contributed by atoms with Crippen LogP contribution in [0.15, 0.2) is 18.2 Å². The molecule has 1 nitrogen and oxygen atoms in total. The normalized spacial score (nSPS) is 10.4. The van der Waals surface area contributed by atoms with Crippen molar-refractivity contribution >= 4 is 23.2 Å². The number of hydrogen-bond acceptors (Lipinski definition) is 1. The summed E-state index contributed by atoms with van der Waals surface area (Å²) in [5.41, 5.74) is -2.65. The first-order chi connectivity index (χ1) is 9.38. The van der Waals surface area contributed by atoms with E-state index in [-0.39, 0.29) is 15.6 Å². The van der Waals surface area contributed by atoms with Gasteiger partial charge in [0.2, 0.25) is 0 Å². The molecule has 0 N–H and O–H groups in total. The molecule has 2 rings (SSSR count). The third-order valence-electron chi connectivity index (χ3n) is 2.57. The first-order valence-corrected chi connectivity index (χ1v) is 5.85. The zero-order valence-corrected chi connectivity index (χ0v) is 11.0. The van der Waals surface area contributed by atoms with Gasteiger partial charge in [-0.15, -0.1) is 0 Å². The number of nitriles is 1. The summed E-state index contributed by atoms with van der Waals surface area (Å²) in [5, 5.41) is 8.43. The van der Waals surface area contributed by atoms with Crippen LogP contribution in [0.3, 0.4) is 0 Å². The molecule has 0 unspecified atom stereocenters. The summed E-state index contributed by atoms with van der Waals surface area (Å²) in [4.78, 5) is 0. The van der Waals surface area contributed by atoms with Gasteiger partial charge in [-0.25, -0.2) is 17.6 Å². The van der Waals surface area contributed by atoms with E-state index < -0.39 is 34.4 Å². The van der Waals surface area contributed by atoms with Crippen LogP contribution in [0.4, 0.5) is 17.6 Å². The smallest absolute Gasteiger partial charge is 0.180 e. The van der Waals surface area contributed by atoms with Crippen LogP contribution in [-0.2, 0) is 0 Å². The van der Waals surface area contributed by atoms with Gasteiger partial charge in [-0.05, 0) is 18.2 Å². The van der Waals surface area contributed by atoms with Gasteiger partial charge >= 0.3 is 0 Å². The van der Waals surface area contributed by atoms with Gasteiger partial charge in [0, 0.05) is 15.6 Å². The Morgan fingerprint density at radius 1 is 0.900 bits per heavy atom. The molecule has 0 atom stereocenters. The maximum atomic E-state index is 13.9. The molecule has 20 heavy (non-hydrogen) atoms. The summed E-state index contributed by atoms with van der Waals surface area (Å²) in [6.45, 7) is 0. The fraction of sp³-hybridized carbons (Fsp3) is 0. The van der Waals surface area contributed by atoms with Crippen molar-refractivity contribution in [1.29, 1.82) is 5.26 Å². The topological polar surface area (TPSA) is 23.8 Å². The van der Waals surface area contributed by atoms with E-state index in [1.165, 1.54) is 12.1 Å². The van der Waals surface area contributed by atoms with Crippen molar-refractivity contribution in [2.75, 3.05) is 0 Å². The van der Waals surface area contributed by atoms with Gasteiger partial charge in [0.1, 0.15) is 11.6 Å². The van der Waals surface area contributed by atoms with E-state index in [1.807, 2.05) is 0 Å². The second kappa shape index (κ2) is 5.31. The quantitative estimate of drug-likeness (QED) is 0.530. The van der Waals surface area contributed by atoms with Crippen LogP contribution in [0.2, 0.25) is 10.0 Å². The molecule has 0 aromatic heterocycles. The minimum Gasteiger partial charge on any atom is -0.203 e. The van der Waals surface area contributed by atoms with Crippen LogP contribution >= 0.6 is 23.2 Å². The molecule has 102 valence electrons. The van der Waals surface area contributed by atoms with Gasteiger partial charge in [0.25, 0.3) is 0 Å². The second-order valence-electron chi connectivity index (χ2n) is 3.74. The van der Waals surface area contributed by atoms with Crippen LogP contribution in [0, 0.1) is 34.6 Å². The minimum absolute atomic E-state index is 0.0772. The largest absolute Gasteiger partial charge is 0.203 e. The van der Waals surface area contributed by atoms with E-state index in [0.29, 0.717) is 0 Å². The average Bonchev–Trinajstić information content (AvgIpc) is 2.41. The molecule has 0 heterocycles. The molecule has 0 aliphatic heterocycles. The lowest BCUT2D eigenvalue weighted by Crippen LogP contribution is -2.04. The first-order valence-electron chi connectivity index (χ1n) is 5.10. The van der Waals surface area contributed by atoms with Gasteiger partial charge in [-0.3, -0.25) is 0 Å². The Morgan fingerprint density at radius 3 is 1.95 bits per heavy atom. The van der Waals surface area contributed by atoms with Gasteiger partial charge in [-0.2, -0.15) is 5.26 Å². The van der Waals surface area contributed by atoms with Gasteiger partial charge < -0.3 is 0 Å². The molecular formula is C13H3Cl2F4N. The zero-order chi connectivity index (χ0) is 15.0. The third kappa shape index (κ3) is 2.21.